The van der Waals surface area contributed by atoms with Crippen molar-refractivity contribution in [3.63, 3.8) is 0 Å². The summed E-state index contributed by atoms with van der Waals surface area (Å²) in [5.74, 6) is 0. The summed E-state index contributed by atoms with van der Waals surface area (Å²) in [5.41, 5.74) is 1.57. The topological polar surface area (TPSA) is 26.0 Å². The SMILES string of the molecule is c1cc2ncc1o2. The van der Waals surface area contributed by atoms with E-state index in [9.17, 15) is 0 Å². The molecule has 2 heteroatoms. The van der Waals surface area contributed by atoms with E-state index in [0.29, 0.717) is 0 Å². The summed E-state index contributed by atoms with van der Waals surface area (Å²) in [4.78, 5) is 3.85. The zero-order valence-electron chi connectivity index (χ0n) is 3.59. The van der Waals surface area contributed by atoms with Crippen molar-refractivity contribution in [1.82, 2.24) is 4.98 Å². The molecule has 2 heterocycles. The Labute approximate surface area is 40.1 Å². The predicted molar refractivity (Wildman–Crippen MR) is 25.2 cm³/mol. The third kappa shape index (κ3) is 0.257. The van der Waals surface area contributed by atoms with Crippen LogP contribution in [0.4, 0.5) is 0 Å². The fraction of sp³-hybridized carbons (Fsp3) is 0. The van der Waals surface area contributed by atoms with Gasteiger partial charge >= 0.3 is 0 Å². The summed E-state index contributed by atoms with van der Waals surface area (Å²) in [6.45, 7) is 0. The molecule has 0 aliphatic carbocycles. The lowest BCUT2D eigenvalue weighted by atomic mass is 10.5. The van der Waals surface area contributed by atoms with Crippen LogP contribution in [0.5, 0.6) is 0 Å². The fourth-order valence-corrected chi connectivity index (χ4v) is 0.608. The molecule has 0 aliphatic rings. The molecule has 7 heavy (non-hydrogen) atoms. The summed E-state index contributed by atoms with van der Waals surface area (Å²) >= 11 is 0. The second-order valence-electron chi connectivity index (χ2n) is 1.43. The van der Waals surface area contributed by atoms with Crippen LogP contribution in [-0.4, -0.2) is 4.98 Å². The van der Waals surface area contributed by atoms with Crippen LogP contribution in [0.15, 0.2) is 22.7 Å². The van der Waals surface area contributed by atoms with Gasteiger partial charge in [-0.15, -0.1) is 0 Å². The number of hydrogen-bond acceptors (Lipinski definition) is 2. The summed E-state index contributed by atoms with van der Waals surface area (Å²) in [7, 11) is 0. The lowest BCUT2D eigenvalue weighted by molar-refractivity contribution is 0.668. The second kappa shape index (κ2) is 0.780. The van der Waals surface area contributed by atoms with E-state index in [1.165, 1.54) is 0 Å². The molecule has 0 N–H and O–H groups in total. The number of aromatic nitrogens is 1. The van der Waals surface area contributed by atoms with Crippen molar-refractivity contribution in [3.05, 3.63) is 18.3 Å². The van der Waals surface area contributed by atoms with Crippen LogP contribution >= 0.6 is 0 Å². The number of oxazole rings is 1. The molecule has 0 spiro atoms. The van der Waals surface area contributed by atoms with Gasteiger partial charge in [-0.3, -0.25) is 0 Å². The van der Waals surface area contributed by atoms with Crippen LogP contribution in [0.25, 0.3) is 11.3 Å². The second-order valence-corrected chi connectivity index (χ2v) is 1.43. The molecule has 0 aliphatic heterocycles. The van der Waals surface area contributed by atoms with Crippen molar-refractivity contribution in [3.8, 4) is 0 Å². The fourth-order valence-electron chi connectivity index (χ4n) is 0.608. The number of furan rings is 1. The highest BCUT2D eigenvalue weighted by Crippen LogP contribution is 2.09. The molecule has 0 aromatic carbocycles. The first-order chi connectivity index (χ1) is 3.45. The molecule has 0 amide bonds. The van der Waals surface area contributed by atoms with E-state index >= 15 is 0 Å². The minimum absolute atomic E-state index is 0.718. The van der Waals surface area contributed by atoms with Gasteiger partial charge < -0.3 is 4.42 Å². The molecule has 2 bridgehead atoms. The van der Waals surface area contributed by atoms with E-state index < -0.39 is 0 Å². The van der Waals surface area contributed by atoms with Gasteiger partial charge in [0.25, 0.3) is 0 Å². The van der Waals surface area contributed by atoms with Crippen molar-refractivity contribution in [2.75, 3.05) is 0 Å². The number of hydrogen-bond donors (Lipinski definition) is 0. The highest BCUT2D eigenvalue weighted by Gasteiger charge is 1.92. The normalized spacial score (nSPS) is 10.9. The molecule has 0 unspecified atom stereocenters. The van der Waals surface area contributed by atoms with Gasteiger partial charge in [-0.2, -0.15) is 0 Å². The number of pyridine rings is 1. The van der Waals surface area contributed by atoms with Crippen molar-refractivity contribution in [2.24, 2.45) is 0 Å². The summed E-state index contributed by atoms with van der Waals surface area (Å²) < 4.78 is 4.97. The molecule has 2 nitrogen and oxygen atoms in total. The Morgan fingerprint density at radius 3 is 2.57 bits per heavy atom. The minimum Gasteiger partial charge on any atom is -0.437 e. The lowest BCUT2D eigenvalue weighted by Crippen LogP contribution is -1.55. The number of nitrogens with zero attached hydrogens (tertiary/aromatic N) is 1. The minimum atomic E-state index is 0.718. The van der Waals surface area contributed by atoms with E-state index in [1.807, 2.05) is 12.1 Å². The van der Waals surface area contributed by atoms with Gasteiger partial charge in [0.1, 0.15) is 5.58 Å². The Morgan fingerprint density at radius 2 is 2.43 bits per heavy atom. The van der Waals surface area contributed by atoms with E-state index in [1.54, 1.807) is 6.20 Å². The maximum absolute atomic E-state index is 4.97. The molecular weight excluding hydrogens is 90.1 g/mol. The van der Waals surface area contributed by atoms with Gasteiger partial charge in [0, 0.05) is 6.07 Å². The van der Waals surface area contributed by atoms with Crippen LogP contribution in [-0.2, 0) is 0 Å². The van der Waals surface area contributed by atoms with E-state index in [4.69, 9.17) is 4.42 Å². The molecule has 2 aromatic heterocycles. The molecular formula is C5H3NO. The van der Waals surface area contributed by atoms with Gasteiger partial charge in [0.15, 0.2) is 0 Å². The van der Waals surface area contributed by atoms with E-state index in [0.717, 1.165) is 11.3 Å². The third-order valence-electron chi connectivity index (χ3n) is 0.932. The first-order valence-corrected chi connectivity index (χ1v) is 2.09. The monoisotopic (exact) mass is 93.0 g/mol. The molecule has 34 valence electrons. The average molecular weight is 93.1 g/mol. The highest BCUT2D eigenvalue weighted by molar-refractivity contribution is 5.51. The molecule has 0 atom stereocenters. The Bertz CT molecular complexity index is 204. The third-order valence-corrected chi connectivity index (χ3v) is 0.932. The molecule has 0 radical (unpaired) electrons. The van der Waals surface area contributed by atoms with Crippen molar-refractivity contribution in [2.45, 2.75) is 0 Å². The maximum atomic E-state index is 4.97. The Morgan fingerprint density at radius 1 is 1.43 bits per heavy atom. The lowest BCUT2D eigenvalue weighted by Gasteiger charge is -1.61. The van der Waals surface area contributed by atoms with Crippen LogP contribution in [0.3, 0.4) is 0 Å². The van der Waals surface area contributed by atoms with E-state index in [-0.39, 0.29) is 0 Å². The van der Waals surface area contributed by atoms with Crippen molar-refractivity contribution in [1.29, 1.82) is 0 Å². The highest BCUT2D eigenvalue weighted by atomic mass is 16.3. The van der Waals surface area contributed by atoms with Crippen LogP contribution in [0, 0.1) is 0 Å². The standard InChI is InChI=1S/C5H3NO/c1-2-5-6-3-4(1)7-5/h1-3H. The molecule has 0 saturated heterocycles. The number of rotatable bonds is 0. The Balaban J connectivity index is 3.18. The van der Waals surface area contributed by atoms with Gasteiger partial charge in [0.2, 0.25) is 5.71 Å². The van der Waals surface area contributed by atoms with Gasteiger partial charge in [-0.25, -0.2) is 4.98 Å². The Kier molecular flexibility index (Phi) is 0.336. The quantitative estimate of drug-likeness (QED) is 0.490. The number of fused-ring (bicyclic) bond motifs is 2. The average Bonchev–Trinajstić information content (AvgIpc) is 2.22. The molecule has 2 rings (SSSR count). The summed E-state index contributed by atoms with van der Waals surface area (Å²) in [5, 5.41) is 0. The summed E-state index contributed by atoms with van der Waals surface area (Å²) in [6.07, 6.45) is 1.70. The van der Waals surface area contributed by atoms with Crippen LogP contribution < -0.4 is 0 Å². The molecule has 0 fully saturated rings. The predicted octanol–water partition coefficient (Wildman–Crippen LogP) is 1.27. The first-order valence-electron chi connectivity index (χ1n) is 2.09. The van der Waals surface area contributed by atoms with Crippen LogP contribution in [0.1, 0.15) is 0 Å². The van der Waals surface area contributed by atoms with Crippen molar-refractivity contribution >= 4 is 11.3 Å². The molecule has 2 aromatic rings. The molecule has 0 saturated carbocycles. The first kappa shape index (κ1) is 3.02. The smallest absolute Gasteiger partial charge is 0.219 e. The van der Waals surface area contributed by atoms with Gasteiger partial charge in [-0.1, -0.05) is 0 Å². The van der Waals surface area contributed by atoms with E-state index in [2.05, 4.69) is 4.98 Å². The van der Waals surface area contributed by atoms with Crippen molar-refractivity contribution < 1.29 is 4.42 Å². The Hall–Kier alpha value is -1.05. The largest absolute Gasteiger partial charge is 0.437 e. The van der Waals surface area contributed by atoms with Gasteiger partial charge in [-0.05, 0) is 6.07 Å². The zero-order valence-corrected chi connectivity index (χ0v) is 3.59. The van der Waals surface area contributed by atoms with Gasteiger partial charge in [0.05, 0.1) is 6.20 Å². The zero-order chi connectivity index (χ0) is 4.69. The maximum Gasteiger partial charge on any atom is 0.219 e. The van der Waals surface area contributed by atoms with Crippen LogP contribution in [0.2, 0.25) is 0 Å². The summed E-state index contributed by atoms with van der Waals surface area (Å²) in [6, 6.07) is 3.73.